The molecule has 0 bridgehead atoms. The summed E-state index contributed by atoms with van der Waals surface area (Å²) in [5.74, 6) is 0. The molecule has 0 aromatic carbocycles. The van der Waals surface area contributed by atoms with Crippen LogP contribution >= 0.6 is 0 Å². The van der Waals surface area contributed by atoms with Gasteiger partial charge in [-0.15, -0.1) is 0 Å². The van der Waals surface area contributed by atoms with Gasteiger partial charge >= 0.3 is 6.09 Å². The summed E-state index contributed by atoms with van der Waals surface area (Å²) in [5, 5.41) is 3.14. The second-order valence-corrected chi connectivity index (χ2v) is 4.01. The van der Waals surface area contributed by atoms with Crippen molar-refractivity contribution in [3.05, 3.63) is 0 Å². The molecule has 0 aliphatic carbocycles. The van der Waals surface area contributed by atoms with E-state index < -0.39 is 0 Å². The SMILES string of the molecule is C[N+](C)(C)C(=O)OC1CCNC1. The van der Waals surface area contributed by atoms with Crippen LogP contribution in [-0.2, 0) is 4.74 Å². The largest absolute Gasteiger partial charge is 0.515 e. The number of nitrogens with one attached hydrogen (secondary N) is 1. The normalized spacial score (nSPS) is 24.1. The summed E-state index contributed by atoms with van der Waals surface area (Å²) in [7, 11) is 5.43. The van der Waals surface area contributed by atoms with Gasteiger partial charge in [0.25, 0.3) is 0 Å². The van der Waals surface area contributed by atoms with Gasteiger partial charge in [0.05, 0.1) is 21.1 Å². The van der Waals surface area contributed by atoms with Crippen molar-refractivity contribution < 1.29 is 14.0 Å². The Labute approximate surface area is 73.1 Å². The molecule has 1 atom stereocenters. The van der Waals surface area contributed by atoms with Gasteiger partial charge < -0.3 is 10.1 Å². The van der Waals surface area contributed by atoms with Crippen LogP contribution in [0.1, 0.15) is 6.42 Å². The van der Waals surface area contributed by atoms with E-state index in [0.29, 0.717) is 0 Å². The Bertz CT molecular complexity index is 168. The zero-order valence-corrected chi connectivity index (χ0v) is 7.96. The Morgan fingerprint density at radius 3 is 2.58 bits per heavy atom. The predicted octanol–water partition coefficient (Wildman–Crippen LogP) is 0.191. The molecule has 1 heterocycles. The minimum Gasteiger partial charge on any atom is -0.415 e. The minimum atomic E-state index is -0.163. The monoisotopic (exact) mass is 173 g/mol. The first-order valence-electron chi connectivity index (χ1n) is 4.23. The molecule has 0 saturated carbocycles. The summed E-state index contributed by atoms with van der Waals surface area (Å²) in [6, 6.07) is 0. The number of nitrogens with zero attached hydrogens (tertiary/aromatic N) is 1. The molecule has 0 radical (unpaired) electrons. The first-order valence-corrected chi connectivity index (χ1v) is 4.23. The number of quaternary nitrogens is 1. The third-order valence-corrected chi connectivity index (χ3v) is 1.83. The van der Waals surface area contributed by atoms with Crippen molar-refractivity contribution in [3.8, 4) is 0 Å². The molecule has 1 amide bonds. The van der Waals surface area contributed by atoms with E-state index in [1.54, 1.807) is 0 Å². The molecule has 0 aromatic heterocycles. The van der Waals surface area contributed by atoms with E-state index in [9.17, 15) is 4.79 Å². The number of carbonyl (C=O) groups is 1. The highest BCUT2D eigenvalue weighted by atomic mass is 16.6. The molecule has 1 rings (SSSR count). The maximum atomic E-state index is 11.3. The average Bonchev–Trinajstić information content (AvgIpc) is 2.37. The van der Waals surface area contributed by atoms with Gasteiger partial charge in [-0.05, 0) is 13.0 Å². The van der Waals surface area contributed by atoms with Crippen molar-refractivity contribution in [1.29, 1.82) is 0 Å². The fourth-order valence-electron chi connectivity index (χ4n) is 1.03. The van der Waals surface area contributed by atoms with E-state index in [4.69, 9.17) is 4.74 Å². The summed E-state index contributed by atoms with van der Waals surface area (Å²) < 4.78 is 5.48. The molecule has 1 aliphatic heterocycles. The number of amides is 1. The number of ether oxygens (including phenoxy) is 1. The summed E-state index contributed by atoms with van der Waals surface area (Å²) in [6.07, 6.45) is 0.852. The van der Waals surface area contributed by atoms with E-state index in [1.165, 1.54) is 0 Å². The fourth-order valence-corrected chi connectivity index (χ4v) is 1.03. The molecular weight excluding hydrogens is 156 g/mol. The predicted molar refractivity (Wildman–Crippen MR) is 45.8 cm³/mol. The summed E-state index contributed by atoms with van der Waals surface area (Å²) in [4.78, 5) is 11.3. The van der Waals surface area contributed by atoms with E-state index in [2.05, 4.69) is 5.32 Å². The molecule has 1 aliphatic rings. The molecule has 1 unspecified atom stereocenters. The van der Waals surface area contributed by atoms with Crippen LogP contribution in [0.4, 0.5) is 4.79 Å². The van der Waals surface area contributed by atoms with Gasteiger partial charge in [0, 0.05) is 6.54 Å². The molecule has 12 heavy (non-hydrogen) atoms. The maximum absolute atomic E-state index is 11.3. The fraction of sp³-hybridized carbons (Fsp3) is 0.875. The standard InChI is InChI=1S/C8H17N2O2/c1-10(2,3)8(11)12-7-4-5-9-6-7/h7,9H,4-6H2,1-3H3/q+1. The minimum absolute atomic E-state index is 0.0786. The second-order valence-electron chi connectivity index (χ2n) is 4.01. The van der Waals surface area contributed by atoms with Crippen LogP contribution in [0.2, 0.25) is 0 Å². The zero-order valence-electron chi connectivity index (χ0n) is 7.96. The van der Waals surface area contributed by atoms with Crippen LogP contribution in [0.25, 0.3) is 0 Å². The Morgan fingerprint density at radius 1 is 1.50 bits per heavy atom. The average molecular weight is 173 g/mol. The lowest BCUT2D eigenvalue weighted by Crippen LogP contribution is -2.43. The van der Waals surface area contributed by atoms with Crippen LogP contribution in [0.15, 0.2) is 0 Å². The van der Waals surface area contributed by atoms with E-state index in [-0.39, 0.29) is 16.7 Å². The van der Waals surface area contributed by atoms with Crippen LogP contribution in [0, 0.1) is 0 Å². The number of hydrogen-bond donors (Lipinski definition) is 1. The first-order chi connectivity index (χ1) is 5.50. The highest BCUT2D eigenvalue weighted by Gasteiger charge is 2.27. The molecule has 70 valence electrons. The van der Waals surface area contributed by atoms with Crippen LogP contribution < -0.4 is 5.32 Å². The number of rotatable bonds is 1. The lowest BCUT2D eigenvalue weighted by atomic mass is 10.3. The first kappa shape index (κ1) is 9.48. The second kappa shape index (κ2) is 3.41. The smallest absolute Gasteiger partial charge is 0.415 e. The summed E-state index contributed by atoms with van der Waals surface area (Å²) in [6.45, 7) is 1.75. The lowest BCUT2D eigenvalue weighted by molar-refractivity contribution is -0.796. The third-order valence-electron chi connectivity index (χ3n) is 1.83. The molecule has 0 aromatic rings. The molecule has 1 N–H and O–H groups in total. The van der Waals surface area contributed by atoms with Crippen molar-refractivity contribution in [2.75, 3.05) is 34.2 Å². The highest BCUT2D eigenvalue weighted by molar-refractivity contribution is 5.59. The van der Waals surface area contributed by atoms with Gasteiger partial charge in [0.1, 0.15) is 6.10 Å². The lowest BCUT2D eigenvalue weighted by Gasteiger charge is -2.21. The van der Waals surface area contributed by atoms with Crippen molar-refractivity contribution in [2.24, 2.45) is 0 Å². The summed E-state index contributed by atoms with van der Waals surface area (Å²) in [5.41, 5.74) is 0. The van der Waals surface area contributed by atoms with Crippen molar-refractivity contribution in [3.63, 3.8) is 0 Å². The van der Waals surface area contributed by atoms with Gasteiger partial charge in [-0.1, -0.05) is 0 Å². The van der Waals surface area contributed by atoms with Gasteiger partial charge in [-0.25, -0.2) is 4.48 Å². The van der Waals surface area contributed by atoms with Crippen LogP contribution in [0.3, 0.4) is 0 Å². The van der Waals surface area contributed by atoms with Crippen molar-refractivity contribution in [1.82, 2.24) is 5.32 Å². The van der Waals surface area contributed by atoms with Crippen molar-refractivity contribution in [2.45, 2.75) is 12.5 Å². The molecule has 4 heteroatoms. The molecule has 1 saturated heterocycles. The van der Waals surface area contributed by atoms with E-state index in [0.717, 1.165) is 19.5 Å². The Morgan fingerprint density at radius 2 is 2.17 bits per heavy atom. The Kier molecular flexibility index (Phi) is 2.69. The van der Waals surface area contributed by atoms with Gasteiger partial charge in [0.2, 0.25) is 0 Å². The van der Waals surface area contributed by atoms with E-state index >= 15 is 0 Å². The van der Waals surface area contributed by atoms with Crippen LogP contribution in [0.5, 0.6) is 0 Å². The van der Waals surface area contributed by atoms with Crippen molar-refractivity contribution >= 4 is 6.09 Å². The number of carbonyl (C=O) groups excluding carboxylic acids is 1. The van der Waals surface area contributed by atoms with Gasteiger partial charge in [-0.3, -0.25) is 0 Å². The topological polar surface area (TPSA) is 38.3 Å². The van der Waals surface area contributed by atoms with Crippen LogP contribution in [-0.4, -0.2) is 50.9 Å². The quantitative estimate of drug-likeness (QED) is 0.575. The Hall–Kier alpha value is -0.610. The molecular formula is C8H17N2O2+. The third kappa shape index (κ3) is 2.46. The summed E-state index contributed by atoms with van der Waals surface area (Å²) >= 11 is 0. The zero-order chi connectivity index (χ0) is 9.19. The van der Waals surface area contributed by atoms with E-state index in [1.807, 2.05) is 21.1 Å². The maximum Gasteiger partial charge on any atom is 0.515 e. The highest BCUT2D eigenvalue weighted by Crippen LogP contribution is 2.07. The molecule has 0 spiro atoms. The molecule has 4 nitrogen and oxygen atoms in total. The Balaban J connectivity index is 2.35. The number of hydrogen-bond acceptors (Lipinski definition) is 3. The van der Waals surface area contributed by atoms with Gasteiger partial charge in [0.15, 0.2) is 0 Å². The molecule has 1 fully saturated rings. The van der Waals surface area contributed by atoms with Gasteiger partial charge in [-0.2, -0.15) is 4.79 Å².